The summed E-state index contributed by atoms with van der Waals surface area (Å²) in [5.41, 5.74) is 1.30. The molecule has 0 radical (unpaired) electrons. The van der Waals surface area contributed by atoms with Gasteiger partial charge in [-0.25, -0.2) is 0 Å². The first-order valence-electron chi connectivity index (χ1n) is 11.2. The monoisotopic (exact) mass is 414 g/mol. The van der Waals surface area contributed by atoms with Crippen LogP contribution in [0.3, 0.4) is 0 Å². The van der Waals surface area contributed by atoms with E-state index in [1.807, 2.05) is 6.07 Å². The maximum Gasteiger partial charge on any atom is 0.233 e. The largest absolute Gasteiger partial charge is 0.365 e. The molecular weight excluding hydrogens is 382 g/mol. The molecule has 3 aliphatic rings. The summed E-state index contributed by atoms with van der Waals surface area (Å²) in [6.45, 7) is 4.10. The predicted octanol–water partition coefficient (Wildman–Crippen LogP) is 0.152. The molecule has 30 heavy (non-hydrogen) atoms. The van der Waals surface area contributed by atoms with Gasteiger partial charge in [0.15, 0.2) is 0 Å². The zero-order chi connectivity index (χ0) is 20.9. The Morgan fingerprint density at radius 3 is 2.50 bits per heavy atom. The van der Waals surface area contributed by atoms with Crippen LogP contribution in [0.4, 0.5) is 0 Å². The molecule has 1 unspecified atom stereocenters. The summed E-state index contributed by atoms with van der Waals surface area (Å²) >= 11 is 0. The number of quaternary nitrogens is 1. The molecule has 2 aliphatic heterocycles. The van der Waals surface area contributed by atoms with Crippen molar-refractivity contribution < 1.29 is 24.0 Å². The van der Waals surface area contributed by atoms with E-state index in [0.717, 1.165) is 45.3 Å². The fourth-order valence-electron chi connectivity index (χ4n) is 5.01. The number of rotatable bonds is 7. The number of nitrogens with one attached hydrogen (secondary N) is 2. The first-order valence-corrected chi connectivity index (χ1v) is 11.2. The summed E-state index contributed by atoms with van der Waals surface area (Å²) in [6, 6.07) is 10.4. The summed E-state index contributed by atoms with van der Waals surface area (Å²) in [6.07, 6.45) is 3.78. The number of benzene rings is 1. The van der Waals surface area contributed by atoms with Crippen LogP contribution in [0.2, 0.25) is 0 Å². The summed E-state index contributed by atoms with van der Waals surface area (Å²) in [5, 5.41) is 2.93. The molecule has 1 aromatic carbocycles. The molecule has 3 amide bonds. The van der Waals surface area contributed by atoms with E-state index in [0.29, 0.717) is 13.2 Å². The third-order valence-corrected chi connectivity index (χ3v) is 6.64. The maximum absolute atomic E-state index is 12.5. The second-order valence-electron chi connectivity index (χ2n) is 8.74. The van der Waals surface area contributed by atoms with Crippen molar-refractivity contribution in [3.8, 4) is 0 Å². The van der Waals surface area contributed by atoms with Crippen LogP contribution in [-0.2, 0) is 25.7 Å². The van der Waals surface area contributed by atoms with E-state index in [-0.39, 0.29) is 48.6 Å². The molecule has 2 N–H and O–H groups in total. The fourth-order valence-corrected chi connectivity index (χ4v) is 5.01. The summed E-state index contributed by atoms with van der Waals surface area (Å²) < 4.78 is 5.82. The highest BCUT2D eigenvalue weighted by Crippen LogP contribution is 2.37. The molecule has 7 heteroatoms. The second-order valence-corrected chi connectivity index (χ2v) is 8.74. The number of imide groups is 1. The normalized spacial score (nSPS) is 29.0. The minimum absolute atomic E-state index is 0.0145. The molecular formula is C23H32N3O4+. The molecule has 1 aliphatic carbocycles. The predicted molar refractivity (Wildman–Crippen MR) is 110 cm³/mol. The number of fused-ring (bicyclic) bond motifs is 1. The number of carbonyl (C=O) groups is 3. The third-order valence-electron chi connectivity index (χ3n) is 6.64. The average Bonchev–Trinajstić information content (AvgIpc) is 3.02. The number of amides is 3. The van der Waals surface area contributed by atoms with Crippen LogP contribution in [0, 0.1) is 11.8 Å². The van der Waals surface area contributed by atoms with Gasteiger partial charge in [-0.3, -0.25) is 19.3 Å². The molecule has 2 saturated heterocycles. The number of nitrogens with zero attached hydrogens (tertiary/aromatic N) is 1. The molecule has 0 aromatic heterocycles. The van der Waals surface area contributed by atoms with Gasteiger partial charge in [0, 0.05) is 25.1 Å². The van der Waals surface area contributed by atoms with Crippen LogP contribution in [0.1, 0.15) is 37.7 Å². The molecule has 1 aromatic rings. The molecule has 4 rings (SSSR count). The molecule has 3 fully saturated rings. The summed E-state index contributed by atoms with van der Waals surface area (Å²) in [4.78, 5) is 40.1. The minimum Gasteiger partial charge on any atom is -0.365 e. The minimum atomic E-state index is -0.150. The highest BCUT2D eigenvalue weighted by molar-refractivity contribution is 6.05. The van der Waals surface area contributed by atoms with Gasteiger partial charge in [-0.2, -0.15) is 0 Å². The average molecular weight is 415 g/mol. The zero-order valence-corrected chi connectivity index (χ0v) is 17.5. The first-order chi connectivity index (χ1) is 14.6. The van der Waals surface area contributed by atoms with Crippen molar-refractivity contribution >= 4 is 17.7 Å². The van der Waals surface area contributed by atoms with E-state index >= 15 is 0 Å². The van der Waals surface area contributed by atoms with Gasteiger partial charge >= 0.3 is 0 Å². The van der Waals surface area contributed by atoms with Crippen molar-refractivity contribution in [2.24, 2.45) is 11.8 Å². The maximum atomic E-state index is 12.5. The first kappa shape index (κ1) is 21.0. The van der Waals surface area contributed by atoms with E-state index in [1.165, 1.54) is 15.4 Å². The van der Waals surface area contributed by atoms with Gasteiger partial charge < -0.3 is 15.0 Å². The van der Waals surface area contributed by atoms with Gasteiger partial charge in [0.2, 0.25) is 17.7 Å². The summed E-state index contributed by atoms with van der Waals surface area (Å²) in [7, 11) is 0. The number of carbonyl (C=O) groups excluding carboxylic acids is 3. The van der Waals surface area contributed by atoms with Crippen LogP contribution in [0.5, 0.6) is 0 Å². The van der Waals surface area contributed by atoms with Crippen molar-refractivity contribution in [3.63, 3.8) is 0 Å². The lowest BCUT2D eigenvalue weighted by Crippen LogP contribution is -3.13. The Kier molecular flexibility index (Phi) is 6.79. The van der Waals surface area contributed by atoms with Crippen LogP contribution in [-0.4, -0.2) is 61.5 Å². The van der Waals surface area contributed by atoms with Crippen molar-refractivity contribution in [1.29, 1.82) is 0 Å². The Morgan fingerprint density at radius 1 is 1.10 bits per heavy atom. The smallest absolute Gasteiger partial charge is 0.233 e. The van der Waals surface area contributed by atoms with E-state index in [1.54, 1.807) is 0 Å². The number of hydrogen-bond acceptors (Lipinski definition) is 4. The number of likely N-dealkylation sites (tertiary alicyclic amines) is 1. The number of ether oxygens (including phenoxy) is 1. The van der Waals surface area contributed by atoms with Crippen molar-refractivity contribution in [1.82, 2.24) is 10.2 Å². The molecule has 0 spiro atoms. The van der Waals surface area contributed by atoms with Crippen LogP contribution >= 0.6 is 0 Å². The molecule has 2 heterocycles. The highest BCUT2D eigenvalue weighted by atomic mass is 16.5. The molecule has 4 atom stereocenters. The van der Waals surface area contributed by atoms with Crippen LogP contribution in [0.15, 0.2) is 30.3 Å². The van der Waals surface area contributed by atoms with E-state index in [2.05, 4.69) is 29.6 Å². The Morgan fingerprint density at radius 2 is 1.80 bits per heavy atom. The molecule has 7 nitrogen and oxygen atoms in total. The molecule has 162 valence electrons. The lowest BCUT2D eigenvalue weighted by Gasteiger charge is -2.30. The molecule has 1 saturated carbocycles. The van der Waals surface area contributed by atoms with Gasteiger partial charge in [-0.1, -0.05) is 43.2 Å². The lowest BCUT2D eigenvalue weighted by atomic mass is 9.81. The number of hydrogen-bond donors (Lipinski definition) is 2. The Bertz CT molecular complexity index is 745. The van der Waals surface area contributed by atoms with Crippen molar-refractivity contribution in [2.75, 3.05) is 32.8 Å². The fraction of sp³-hybridized carbons (Fsp3) is 0.609. The van der Waals surface area contributed by atoms with Gasteiger partial charge in [0.1, 0.15) is 25.7 Å². The second kappa shape index (κ2) is 9.71. The lowest BCUT2D eigenvalue weighted by molar-refractivity contribution is -0.925. The quantitative estimate of drug-likeness (QED) is 0.623. The standard InChI is InChI=1S/C23H31N3O4/c27-21(10-11-26-22(28)19-8-4-5-9-20(19)23(26)29)24-14-18-16-25(12-13-30-18)15-17-6-2-1-3-7-17/h1-3,6-7,18-20H,4-5,8-16H2,(H,24,27)/p+1/t18-,19-,20+/m1/s1. The Balaban J connectivity index is 1.19. The van der Waals surface area contributed by atoms with Gasteiger partial charge in [0.25, 0.3) is 0 Å². The SMILES string of the molecule is O=C(CCN1C(=O)[C@H]2CCCC[C@H]2C1=O)NC[C@@H]1C[NH+](Cc2ccccc2)CCO1. The van der Waals surface area contributed by atoms with Gasteiger partial charge in [-0.05, 0) is 12.8 Å². The van der Waals surface area contributed by atoms with Crippen LogP contribution < -0.4 is 10.2 Å². The van der Waals surface area contributed by atoms with E-state index in [4.69, 9.17) is 4.74 Å². The summed E-state index contributed by atoms with van der Waals surface area (Å²) in [5.74, 6) is -0.585. The van der Waals surface area contributed by atoms with E-state index in [9.17, 15) is 14.4 Å². The Hall–Kier alpha value is -2.25. The van der Waals surface area contributed by atoms with E-state index < -0.39 is 0 Å². The third kappa shape index (κ3) is 4.90. The van der Waals surface area contributed by atoms with Gasteiger partial charge in [-0.15, -0.1) is 0 Å². The van der Waals surface area contributed by atoms with Crippen LogP contribution in [0.25, 0.3) is 0 Å². The number of morpholine rings is 1. The van der Waals surface area contributed by atoms with Crippen molar-refractivity contribution in [2.45, 2.75) is 44.8 Å². The van der Waals surface area contributed by atoms with Crippen molar-refractivity contribution in [3.05, 3.63) is 35.9 Å². The Labute approximate surface area is 177 Å². The topological polar surface area (TPSA) is 80.2 Å². The highest BCUT2D eigenvalue weighted by Gasteiger charge is 2.47. The zero-order valence-electron chi connectivity index (χ0n) is 17.5. The van der Waals surface area contributed by atoms with Gasteiger partial charge in [0.05, 0.1) is 18.4 Å². The molecule has 0 bridgehead atoms.